The Kier molecular flexibility index (Phi) is 4.10. The molecule has 0 fully saturated rings. The van der Waals surface area contributed by atoms with Gasteiger partial charge < -0.3 is 16.6 Å². The highest BCUT2D eigenvalue weighted by Gasteiger charge is 2.18. The van der Waals surface area contributed by atoms with Crippen LogP contribution < -0.4 is 11.5 Å². The molecule has 0 aliphatic carbocycles. The fourth-order valence-corrected chi connectivity index (χ4v) is 2.92. The number of carbonyl (C=O) groups is 1. The minimum atomic E-state index is -0.620. The second-order valence-corrected chi connectivity index (χ2v) is 5.85. The normalized spacial score (nSPS) is 10.6. The molecule has 1 amide bonds. The molecule has 6 nitrogen and oxygen atoms in total. The van der Waals surface area contributed by atoms with Gasteiger partial charge in [-0.15, -0.1) is 0 Å². The molecule has 0 aliphatic heterocycles. The lowest BCUT2D eigenvalue weighted by Gasteiger charge is -2.17. The average molecular weight is 334 g/mol. The summed E-state index contributed by atoms with van der Waals surface area (Å²) < 4.78 is 0. The molecular weight excluding hydrogens is 316 g/mol. The lowest BCUT2D eigenvalue weighted by Crippen LogP contribution is -2.14. The number of nitrogen functional groups attached to an aromatic ring is 1. The van der Waals surface area contributed by atoms with Crippen molar-refractivity contribution < 1.29 is 9.90 Å². The number of nitrogens with two attached hydrogens (primary N) is 2. The molecule has 1 heterocycles. The minimum absolute atomic E-state index is 0.160. The smallest absolute Gasteiger partial charge is 0.250 e. The Balaban J connectivity index is 2.36. The van der Waals surface area contributed by atoms with Crippen molar-refractivity contribution >= 4 is 11.6 Å². The third-order valence-corrected chi connectivity index (χ3v) is 4.24. The van der Waals surface area contributed by atoms with E-state index in [1.807, 2.05) is 13.0 Å². The summed E-state index contributed by atoms with van der Waals surface area (Å²) >= 11 is 0. The molecule has 3 rings (SSSR count). The summed E-state index contributed by atoms with van der Waals surface area (Å²) in [5, 5.41) is 10.1. The largest absolute Gasteiger partial charge is 0.508 e. The Bertz CT molecular complexity index is 969. The number of hydrogen-bond donors (Lipinski definition) is 3. The predicted molar refractivity (Wildman–Crippen MR) is 97.0 cm³/mol. The second-order valence-electron chi connectivity index (χ2n) is 5.85. The van der Waals surface area contributed by atoms with Crippen molar-refractivity contribution in [1.82, 2.24) is 9.97 Å². The number of nitrogens with zero attached hydrogens (tertiary/aromatic N) is 2. The van der Waals surface area contributed by atoms with Crippen molar-refractivity contribution in [1.29, 1.82) is 0 Å². The van der Waals surface area contributed by atoms with Crippen molar-refractivity contribution in [2.75, 3.05) is 5.73 Å². The lowest BCUT2D eigenvalue weighted by molar-refractivity contribution is 0.100. The van der Waals surface area contributed by atoms with Crippen molar-refractivity contribution in [3.8, 4) is 28.1 Å². The first-order chi connectivity index (χ1) is 11.9. The van der Waals surface area contributed by atoms with E-state index in [9.17, 15) is 9.90 Å². The summed E-state index contributed by atoms with van der Waals surface area (Å²) in [6.45, 7) is 3.72. The van der Waals surface area contributed by atoms with Crippen molar-refractivity contribution in [2.24, 2.45) is 5.73 Å². The van der Waals surface area contributed by atoms with E-state index in [1.54, 1.807) is 37.4 Å². The number of amides is 1. The zero-order chi connectivity index (χ0) is 18.1. The molecule has 6 heteroatoms. The van der Waals surface area contributed by atoms with E-state index in [2.05, 4.69) is 9.97 Å². The molecule has 0 spiro atoms. The fourth-order valence-electron chi connectivity index (χ4n) is 2.92. The number of aromatic hydroxyl groups is 1. The zero-order valence-corrected chi connectivity index (χ0v) is 13.9. The van der Waals surface area contributed by atoms with E-state index in [0.29, 0.717) is 22.4 Å². The fraction of sp³-hybridized carbons (Fsp3) is 0.105. The standard InChI is InChI=1S/C19H18N4O2/c1-10-3-4-16(24)11(2)17(10)13-7-12(15-5-6-22-9-23-15)8-14(18(13)20)19(21)25/h3-9,24H,20H2,1-2H3,(H2,21,25). The maximum Gasteiger partial charge on any atom is 0.250 e. The molecule has 1 aromatic heterocycles. The first-order valence-corrected chi connectivity index (χ1v) is 7.69. The molecule has 0 bridgehead atoms. The summed E-state index contributed by atoms with van der Waals surface area (Å²) in [7, 11) is 0. The molecule has 0 atom stereocenters. The summed E-state index contributed by atoms with van der Waals surface area (Å²) in [5.74, 6) is -0.460. The number of aryl methyl sites for hydroxylation is 1. The summed E-state index contributed by atoms with van der Waals surface area (Å²) in [6.07, 6.45) is 3.05. The van der Waals surface area contributed by atoms with E-state index in [1.165, 1.54) is 6.33 Å². The lowest BCUT2D eigenvalue weighted by atomic mass is 9.90. The van der Waals surface area contributed by atoms with Gasteiger partial charge in [-0.3, -0.25) is 4.79 Å². The van der Waals surface area contributed by atoms with Crippen LogP contribution in [0.15, 0.2) is 42.9 Å². The number of aromatic nitrogens is 2. The summed E-state index contributed by atoms with van der Waals surface area (Å²) in [6, 6.07) is 8.64. The van der Waals surface area contributed by atoms with E-state index in [0.717, 1.165) is 11.1 Å². The maximum atomic E-state index is 11.9. The Morgan fingerprint density at radius 2 is 1.92 bits per heavy atom. The highest BCUT2D eigenvalue weighted by Crippen LogP contribution is 2.39. The van der Waals surface area contributed by atoms with E-state index < -0.39 is 5.91 Å². The van der Waals surface area contributed by atoms with Gasteiger partial charge in [0, 0.05) is 17.3 Å². The quantitative estimate of drug-likeness (QED) is 0.637. The molecule has 5 N–H and O–H groups in total. The van der Waals surface area contributed by atoms with Crippen molar-refractivity contribution in [2.45, 2.75) is 13.8 Å². The van der Waals surface area contributed by atoms with Gasteiger partial charge in [0.15, 0.2) is 0 Å². The maximum absolute atomic E-state index is 11.9. The Morgan fingerprint density at radius 3 is 2.56 bits per heavy atom. The van der Waals surface area contributed by atoms with Crippen molar-refractivity contribution in [3.63, 3.8) is 0 Å². The van der Waals surface area contributed by atoms with Crippen LogP contribution in [0.4, 0.5) is 5.69 Å². The van der Waals surface area contributed by atoms with Gasteiger partial charge in [0.25, 0.3) is 5.91 Å². The van der Waals surface area contributed by atoms with Crippen LogP contribution in [-0.4, -0.2) is 21.0 Å². The van der Waals surface area contributed by atoms with Gasteiger partial charge in [-0.25, -0.2) is 9.97 Å². The summed E-state index contributed by atoms with van der Waals surface area (Å²) in [5.41, 5.74) is 16.6. The number of anilines is 1. The van der Waals surface area contributed by atoms with Crippen LogP contribution in [-0.2, 0) is 0 Å². The van der Waals surface area contributed by atoms with Gasteiger partial charge in [-0.1, -0.05) is 6.07 Å². The Hall–Kier alpha value is -3.41. The van der Waals surface area contributed by atoms with Gasteiger partial charge in [0.05, 0.1) is 16.9 Å². The van der Waals surface area contributed by atoms with Crippen LogP contribution in [0.3, 0.4) is 0 Å². The van der Waals surface area contributed by atoms with Crippen LogP contribution in [0.1, 0.15) is 21.5 Å². The zero-order valence-electron chi connectivity index (χ0n) is 13.9. The molecule has 126 valence electrons. The van der Waals surface area contributed by atoms with Crippen molar-refractivity contribution in [3.05, 3.63) is 59.5 Å². The number of phenolic OH excluding ortho intramolecular Hbond substituents is 1. The molecule has 0 aliphatic rings. The molecule has 25 heavy (non-hydrogen) atoms. The van der Waals surface area contributed by atoms with Crippen LogP contribution >= 0.6 is 0 Å². The first-order valence-electron chi connectivity index (χ1n) is 7.69. The van der Waals surface area contributed by atoms with Crippen LogP contribution in [0, 0.1) is 13.8 Å². The number of primary amides is 1. The average Bonchev–Trinajstić information content (AvgIpc) is 2.60. The molecule has 3 aromatic rings. The van der Waals surface area contributed by atoms with Crippen LogP contribution in [0.25, 0.3) is 22.4 Å². The number of carbonyl (C=O) groups excluding carboxylic acids is 1. The molecular formula is C19H18N4O2. The molecule has 0 radical (unpaired) electrons. The van der Waals surface area contributed by atoms with Gasteiger partial charge >= 0.3 is 0 Å². The topological polar surface area (TPSA) is 115 Å². The monoisotopic (exact) mass is 334 g/mol. The molecule has 2 aromatic carbocycles. The molecule has 0 unspecified atom stereocenters. The van der Waals surface area contributed by atoms with E-state index in [4.69, 9.17) is 11.5 Å². The summed E-state index contributed by atoms with van der Waals surface area (Å²) in [4.78, 5) is 20.0. The van der Waals surface area contributed by atoms with E-state index in [-0.39, 0.29) is 17.0 Å². The van der Waals surface area contributed by atoms with E-state index >= 15 is 0 Å². The van der Waals surface area contributed by atoms with Crippen LogP contribution in [0.5, 0.6) is 5.75 Å². The van der Waals surface area contributed by atoms with Crippen LogP contribution in [0.2, 0.25) is 0 Å². The predicted octanol–water partition coefficient (Wildman–Crippen LogP) is 2.81. The second kappa shape index (κ2) is 6.24. The molecule has 0 saturated heterocycles. The highest BCUT2D eigenvalue weighted by molar-refractivity contribution is 6.04. The third-order valence-electron chi connectivity index (χ3n) is 4.24. The van der Waals surface area contributed by atoms with Gasteiger partial charge in [-0.2, -0.15) is 0 Å². The molecule has 0 saturated carbocycles. The highest BCUT2D eigenvalue weighted by atomic mass is 16.3. The SMILES string of the molecule is Cc1ccc(O)c(C)c1-c1cc(-c2ccncn2)cc(C(N)=O)c1N. The number of hydrogen-bond acceptors (Lipinski definition) is 5. The van der Waals surface area contributed by atoms with Gasteiger partial charge in [-0.05, 0) is 54.8 Å². The Labute approximate surface area is 145 Å². The number of benzene rings is 2. The van der Waals surface area contributed by atoms with Gasteiger partial charge in [0.1, 0.15) is 12.1 Å². The Morgan fingerprint density at radius 1 is 1.16 bits per heavy atom. The third kappa shape index (κ3) is 2.89. The number of rotatable bonds is 3. The number of phenols is 1. The minimum Gasteiger partial charge on any atom is -0.508 e. The first kappa shape index (κ1) is 16.4. The van der Waals surface area contributed by atoms with Gasteiger partial charge in [0.2, 0.25) is 0 Å².